The first kappa shape index (κ1) is 23.4. The van der Waals surface area contributed by atoms with Gasteiger partial charge >= 0.3 is 0 Å². The van der Waals surface area contributed by atoms with Crippen LogP contribution in [0.2, 0.25) is 0 Å². The number of methoxy groups -OCH3 is 1. The van der Waals surface area contributed by atoms with Gasteiger partial charge < -0.3 is 19.9 Å². The molecule has 0 saturated carbocycles. The maximum Gasteiger partial charge on any atom is 0.193 e. The summed E-state index contributed by atoms with van der Waals surface area (Å²) >= 11 is 2.08. The molecule has 2 atom stereocenters. The van der Waals surface area contributed by atoms with Crippen LogP contribution in [-0.2, 0) is 0 Å². The van der Waals surface area contributed by atoms with Crippen LogP contribution in [0.3, 0.4) is 0 Å². The van der Waals surface area contributed by atoms with Gasteiger partial charge in [-0.25, -0.2) is 0 Å². The Morgan fingerprint density at radius 2 is 2.08 bits per heavy atom. The second-order valence-corrected chi connectivity index (χ2v) is 7.94. The molecule has 1 aliphatic heterocycles. The molecule has 26 heavy (non-hydrogen) atoms. The van der Waals surface area contributed by atoms with Crippen molar-refractivity contribution in [3.8, 4) is 5.75 Å². The number of likely N-dealkylation sites (N-methyl/N-ethyl adjacent to an activating group) is 1. The van der Waals surface area contributed by atoms with Crippen molar-refractivity contribution in [2.24, 2.45) is 4.99 Å². The van der Waals surface area contributed by atoms with Crippen molar-refractivity contribution in [3.63, 3.8) is 0 Å². The molecule has 1 heterocycles. The quantitative estimate of drug-likeness (QED) is 0.375. The van der Waals surface area contributed by atoms with Crippen molar-refractivity contribution in [1.29, 1.82) is 0 Å². The minimum Gasteiger partial charge on any atom is -0.497 e. The van der Waals surface area contributed by atoms with E-state index in [9.17, 15) is 0 Å². The highest BCUT2D eigenvalue weighted by atomic mass is 127. The third-order valence-electron chi connectivity index (χ3n) is 4.68. The number of guanidine groups is 1. The summed E-state index contributed by atoms with van der Waals surface area (Å²) in [6, 6.07) is 8.60. The van der Waals surface area contributed by atoms with Gasteiger partial charge in [-0.1, -0.05) is 19.1 Å². The predicted molar refractivity (Wildman–Crippen MR) is 124 cm³/mol. The lowest BCUT2D eigenvalue weighted by molar-refractivity contribution is 0.293. The van der Waals surface area contributed by atoms with E-state index in [0.717, 1.165) is 31.3 Å². The van der Waals surface area contributed by atoms with E-state index in [1.165, 1.54) is 17.7 Å². The zero-order valence-electron chi connectivity index (χ0n) is 16.6. The first-order valence-electron chi connectivity index (χ1n) is 8.96. The third kappa shape index (κ3) is 6.49. The van der Waals surface area contributed by atoms with Crippen molar-refractivity contribution >= 4 is 41.7 Å². The topological polar surface area (TPSA) is 40.1 Å². The summed E-state index contributed by atoms with van der Waals surface area (Å²) in [6.45, 7) is 5.24. The summed E-state index contributed by atoms with van der Waals surface area (Å²) in [6.07, 6.45) is 1.21. The van der Waals surface area contributed by atoms with Gasteiger partial charge in [-0.15, -0.1) is 24.0 Å². The van der Waals surface area contributed by atoms with Gasteiger partial charge in [-0.2, -0.15) is 11.8 Å². The number of benzene rings is 1. The van der Waals surface area contributed by atoms with Crippen molar-refractivity contribution in [3.05, 3.63) is 29.8 Å². The average molecular weight is 492 g/mol. The van der Waals surface area contributed by atoms with E-state index < -0.39 is 0 Å². The largest absolute Gasteiger partial charge is 0.497 e. The standard InChI is InChI=1S/C19H32N4OS.HI/c1-6-17-14-23(11-12-25-17)19(20-2)21-13-18(22(3)4)15-7-9-16(24-5)10-8-15;/h7-10,17-18H,6,11-14H2,1-5H3,(H,20,21);1H. The molecule has 1 fully saturated rings. The molecule has 1 aromatic carbocycles. The van der Waals surface area contributed by atoms with Crippen molar-refractivity contribution in [1.82, 2.24) is 15.1 Å². The molecule has 2 unspecified atom stereocenters. The second-order valence-electron chi connectivity index (χ2n) is 6.53. The van der Waals surface area contributed by atoms with Crippen LogP contribution in [0.4, 0.5) is 0 Å². The summed E-state index contributed by atoms with van der Waals surface area (Å²) in [4.78, 5) is 9.15. The minimum absolute atomic E-state index is 0. The highest BCUT2D eigenvalue weighted by Gasteiger charge is 2.22. The summed E-state index contributed by atoms with van der Waals surface area (Å²) in [5.41, 5.74) is 1.27. The van der Waals surface area contributed by atoms with Gasteiger partial charge in [-0.3, -0.25) is 4.99 Å². The Labute approximate surface area is 180 Å². The number of rotatable bonds is 6. The first-order chi connectivity index (χ1) is 12.1. The Bertz CT molecular complexity index is 553. The summed E-state index contributed by atoms with van der Waals surface area (Å²) < 4.78 is 5.27. The van der Waals surface area contributed by atoms with E-state index in [0.29, 0.717) is 5.25 Å². The van der Waals surface area contributed by atoms with Gasteiger partial charge in [0.15, 0.2) is 5.96 Å². The van der Waals surface area contributed by atoms with Crippen LogP contribution in [0.1, 0.15) is 24.9 Å². The molecule has 1 aromatic rings. The maximum atomic E-state index is 5.27. The highest BCUT2D eigenvalue weighted by Crippen LogP contribution is 2.22. The highest BCUT2D eigenvalue weighted by molar-refractivity contribution is 14.0. The lowest BCUT2D eigenvalue weighted by Gasteiger charge is -2.35. The molecule has 2 rings (SSSR count). The predicted octanol–water partition coefficient (Wildman–Crippen LogP) is 3.32. The minimum atomic E-state index is 0. The molecule has 0 bridgehead atoms. The second kappa shape index (κ2) is 11.9. The molecule has 1 aliphatic rings. The molecule has 1 N–H and O–H groups in total. The molecule has 0 radical (unpaired) electrons. The monoisotopic (exact) mass is 492 g/mol. The van der Waals surface area contributed by atoms with Gasteiger partial charge in [-0.05, 0) is 38.2 Å². The molecule has 5 nitrogen and oxygen atoms in total. The number of halogens is 1. The van der Waals surface area contributed by atoms with Gasteiger partial charge in [0.05, 0.1) is 13.2 Å². The fourth-order valence-electron chi connectivity index (χ4n) is 3.10. The third-order valence-corrected chi connectivity index (χ3v) is 6.05. The Kier molecular flexibility index (Phi) is 10.7. The lowest BCUT2D eigenvalue weighted by atomic mass is 10.1. The van der Waals surface area contributed by atoms with Crippen molar-refractivity contribution in [2.75, 3.05) is 53.6 Å². The van der Waals surface area contributed by atoms with Crippen LogP contribution in [-0.4, -0.2) is 74.6 Å². The maximum absolute atomic E-state index is 5.27. The number of ether oxygens (including phenoxy) is 1. The molecule has 0 aliphatic carbocycles. The molecule has 0 amide bonds. The number of hydrogen-bond acceptors (Lipinski definition) is 4. The molecule has 7 heteroatoms. The normalized spacial score (nSPS) is 19.1. The molecule has 0 aromatic heterocycles. The van der Waals surface area contributed by atoms with E-state index in [-0.39, 0.29) is 30.0 Å². The van der Waals surface area contributed by atoms with E-state index in [4.69, 9.17) is 4.74 Å². The van der Waals surface area contributed by atoms with E-state index in [1.807, 2.05) is 19.2 Å². The smallest absolute Gasteiger partial charge is 0.193 e. The summed E-state index contributed by atoms with van der Waals surface area (Å²) in [7, 11) is 7.81. The Morgan fingerprint density at radius 1 is 1.38 bits per heavy atom. The van der Waals surface area contributed by atoms with Gasteiger partial charge in [0.1, 0.15) is 5.75 Å². The SMILES string of the molecule is CCC1CN(C(=NC)NCC(c2ccc(OC)cc2)N(C)C)CCS1.I. The first-order valence-corrected chi connectivity index (χ1v) is 10.0. The molecule has 0 spiro atoms. The van der Waals surface area contributed by atoms with Crippen LogP contribution in [0, 0.1) is 0 Å². The van der Waals surface area contributed by atoms with Crippen LogP contribution in [0.15, 0.2) is 29.3 Å². The number of nitrogens with one attached hydrogen (secondary N) is 1. The Balaban J connectivity index is 0.00000338. The van der Waals surface area contributed by atoms with E-state index >= 15 is 0 Å². The van der Waals surface area contributed by atoms with E-state index in [1.54, 1.807) is 7.11 Å². The Hall–Kier alpha value is -0.670. The Morgan fingerprint density at radius 3 is 2.62 bits per heavy atom. The van der Waals surface area contributed by atoms with Crippen LogP contribution in [0.25, 0.3) is 0 Å². The fraction of sp³-hybridized carbons (Fsp3) is 0.632. The van der Waals surface area contributed by atoms with Crippen LogP contribution in [0.5, 0.6) is 5.75 Å². The molecule has 148 valence electrons. The number of aliphatic imine (C=N–C) groups is 1. The molecular formula is C19H33IN4OS. The van der Waals surface area contributed by atoms with Gasteiger partial charge in [0.2, 0.25) is 0 Å². The van der Waals surface area contributed by atoms with E-state index in [2.05, 4.69) is 65.0 Å². The lowest BCUT2D eigenvalue weighted by Crippen LogP contribution is -2.49. The van der Waals surface area contributed by atoms with Crippen LogP contribution < -0.4 is 10.1 Å². The average Bonchev–Trinajstić information content (AvgIpc) is 2.65. The fourth-order valence-corrected chi connectivity index (χ4v) is 4.28. The zero-order chi connectivity index (χ0) is 18.2. The molecular weight excluding hydrogens is 459 g/mol. The zero-order valence-corrected chi connectivity index (χ0v) is 19.7. The van der Waals surface area contributed by atoms with Crippen LogP contribution >= 0.6 is 35.7 Å². The summed E-state index contributed by atoms with van der Waals surface area (Å²) in [5.74, 6) is 3.08. The van der Waals surface area contributed by atoms with Crippen molar-refractivity contribution in [2.45, 2.75) is 24.6 Å². The number of thioether (sulfide) groups is 1. The number of hydrogen-bond donors (Lipinski definition) is 1. The van der Waals surface area contributed by atoms with Crippen molar-refractivity contribution < 1.29 is 4.74 Å². The summed E-state index contributed by atoms with van der Waals surface area (Å²) in [5, 5.41) is 4.29. The van der Waals surface area contributed by atoms with Gasteiger partial charge in [0.25, 0.3) is 0 Å². The number of nitrogens with zero attached hydrogens (tertiary/aromatic N) is 3. The van der Waals surface area contributed by atoms with Gasteiger partial charge in [0, 0.05) is 37.7 Å². The molecule has 1 saturated heterocycles.